The summed E-state index contributed by atoms with van der Waals surface area (Å²) in [4.78, 5) is 0. The molecule has 13 rings (SSSR count). The fourth-order valence-electron chi connectivity index (χ4n) is 17.6. The molecule has 0 amide bonds. The van der Waals surface area contributed by atoms with E-state index in [1.807, 2.05) is 69.2 Å². The van der Waals surface area contributed by atoms with Crippen LogP contribution in [0.5, 0.6) is 0 Å². The smallest absolute Gasteiger partial charge is 0.0300 e. The van der Waals surface area contributed by atoms with E-state index < -0.39 is 19.1 Å². The molecule has 13 fully saturated rings. The molecule has 0 aromatic heterocycles. The van der Waals surface area contributed by atoms with Crippen LogP contribution in [0.25, 0.3) is 0 Å². The van der Waals surface area contributed by atoms with Crippen molar-refractivity contribution in [1.82, 2.24) is 0 Å². The summed E-state index contributed by atoms with van der Waals surface area (Å²) >= 11 is 0. The molecule has 0 heteroatoms. The van der Waals surface area contributed by atoms with Crippen molar-refractivity contribution in [3.8, 4) is 0 Å². The number of hydrogen-bond donors (Lipinski definition) is 0. The van der Waals surface area contributed by atoms with Gasteiger partial charge in [0.25, 0.3) is 0 Å². The highest BCUT2D eigenvalue weighted by Gasteiger charge is 2.50. The third-order valence-electron chi connectivity index (χ3n) is 24.4. The second-order valence-electron chi connectivity index (χ2n) is 38.1. The molecule has 0 unspecified atom stereocenters. The zero-order valence-electron chi connectivity index (χ0n) is 74.9. The van der Waals surface area contributed by atoms with Gasteiger partial charge in [-0.15, -0.1) is 0 Å². The van der Waals surface area contributed by atoms with E-state index in [0.29, 0.717) is 16.7 Å². The molecule has 4 bridgehead atoms. The van der Waals surface area contributed by atoms with E-state index in [4.69, 9.17) is 12.3 Å². The summed E-state index contributed by atoms with van der Waals surface area (Å²) in [6, 6.07) is 0. The highest BCUT2D eigenvalue weighted by molar-refractivity contribution is 5.01. The van der Waals surface area contributed by atoms with Crippen LogP contribution in [0, 0.1) is 103 Å². The Morgan fingerprint density at radius 2 is 0.663 bits per heavy atom. The maximum absolute atomic E-state index is 7.63. The molecule has 13 saturated carbocycles. The average Bonchev–Trinajstić information content (AvgIpc) is 0.959. The van der Waals surface area contributed by atoms with Crippen molar-refractivity contribution in [2.45, 2.75) is 467 Å². The van der Waals surface area contributed by atoms with Gasteiger partial charge in [0.05, 0.1) is 0 Å². The van der Waals surface area contributed by atoms with E-state index in [2.05, 4.69) is 69.2 Å². The average molecular weight is 1260 g/mol. The van der Waals surface area contributed by atoms with Gasteiger partial charge in [0.1, 0.15) is 0 Å². The lowest BCUT2D eigenvalue weighted by Crippen LogP contribution is -2.45. The monoisotopic (exact) mass is 1250 g/mol. The van der Waals surface area contributed by atoms with E-state index in [9.17, 15) is 0 Å². The van der Waals surface area contributed by atoms with Crippen molar-refractivity contribution in [2.75, 3.05) is 0 Å². The van der Waals surface area contributed by atoms with Crippen LogP contribution in [0.1, 0.15) is 480 Å². The van der Waals surface area contributed by atoms with E-state index in [-0.39, 0.29) is 29.0 Å². The van der Waals surface area contributed by atoms with Gasteiger partial charge in [-0.05, 0) is 231 Å². The van der Waals surface area contributed by atoms with Crippen LogP contribution in [-0.4, -0.2) is 0 Å². The fourth-order valence-corrected chi connectivity index (χ4v) is 17.6. The van der Waals surface area contributed by atoms with Crippen molar-refractivity contribution in [3.63, 3.8) is 0 Å². The second-order valence-corrected chi connectivity index (χ2v) is 38.1. The summed E-state index contributed by atoms with van der Waals surface area (Å²) in [5.74, 6) is 6.61. The molecular formula is C89H176. The van der Waals surface area contributed by atoms with Crippen LogP contribution >= 0.6 is 0 Å². The maximum atomic E-state index is 7.63. The van der Waals surface area contributed by atoms with Crippen LogP contribution in [0.4, 0.5) is 0 Å². The predicted octanol–water partition coefficient (Wildman–Crippen LogP) is 31.9. The van der Waals surface area contributed by atoms with Gasteiger partial charge in [-0.1, -0.05) is 339 Å². The molecule has 532 valence electrons. The first-order valence-corrected chi connectivity index (χ1v) is 40.1. The first kappa shape index (κ1) is 70.3. The molecule has 3 spiro atoms. The lowest BCUT2D eigenvalue weighted by molar-refractivity contribution is -0.0545. The predicted molar refractivity (Wildman–Crippen MR) is 408 cm³/mol. The Kier molecular flexibility index (Phi) is 34.8. The maximum Gasteiger partial charge on any atom is 0.0300 e. The Morgan fingerprint density at radius 1 is 0.404 bits per heavy atom. The van der Waals surface area contributed by atoms with Crippen LogP contribution in [0.3, 0.4) is 0 Å². The Bertz CT molecular complexity index is 1930. The van der Waals surface area contributed by atoms with Crippen molar-refractivity contribution in [2.24, 2.45) is 103 Å². The van der Waals surface area contributed by atoms with E-state index >= 15 is 0 Å². The van der Waals surface area contributed by atoms with Gasteiger partial charge in [0.15, 0.2) is 0 Å². The first-order valence-electron chi connectivity index (χ1n) is 44.6. The van der Waals surface area contributed by atoms with E-state index in [0.717, 1.165) is 95.7 Å². The topological polar surface area (TPSA) is 0 Å². The summed E-state index contributed by atoms with van der Waals surface area (Å²) in [6.07, 6.45) is 61.8. The van der Waals surface area contributed by atoms with Crippen LogP contribution < -0.4 is 0 Å². The number of hydrogen-bond acceptors (Lipinski definition) is 0. The minimum absolute atomic E-state index is 0.0556. The standard InChI is InChI=1S/C14H26.C12H20.C12H22.C11H20.2C7H14.C6H12.C6H14.2C5H12.C4H10/c1-12-4-6-14(7-5-12)10-8-13(2,3)9-11-14;1-2-12-6-9-3-10(7-12)5-11(4-9)8-12;1-11-5-9-12(10-6-11)7-3-2-4-8-12;1-10-4-8-11(9-5-10)6-2-3-7-11;1-7-5-3-2-4-6-7;1-2-7-5-3-4-6-7;1-6-4-2-3-5-6;1-5-6(2,3)4;1-5(2,3)4;1-4-5(2)3;1-4(2)3/h12H,4-11H2,1-3H3;9-11H,2-8H2,1H3;11H,2-10H2,1H3;10H,2-9H2,1H3;2*7H,2-6H2,1H3;6H,2-5H2,1H3;5H2,1-4H3;1-4H3;5H,4H2,1-3H3;4H,1-3H3/i;;;;7D;2D2;6D;5D2;;4D2;4D. The molecule has 13 aliphatic carbocycles. The summed E-state index contributed by atoms with van der Waals surface area (Å²) in [5, 5.41) is 0. The van der Waals surface area contributed by atoms with Gasteiger partial charge in [0, 0.05) is 12.3 Å². The lowest BCUT2D eigenvalue weighted by Gasteiger charge is -2.56. The molecule has 0 saturated heterocycles. The van der Waals surface area contributed by atoms with Gasteiger partial charge in [0.2, 0.25) is 0 Å². The fraction of sp³-hybridized carbons (Fsp3) is 1.00. The van der Waals surface area contributed by atoms with Gasteiger partial charge >= 0.3 is 0 Å². The normalized spacial score (nSPS) is 31.4. The SMILES string of the molecule is CC(C)(C)C.CC1CCC2(CC1)CCC(C)(C)CC2.CC1CCC2(CCCC2)CC1.CC1CCC2(CCCCC2)CC1.CCC12CC3CC(CC(C3)C1)C2.[2H]C(C)(C)C.[2H]C([2H])(C)C(C)(C)C.[2H]C([2H])(C)C(C)C.[2H]C([2H])(C)C1CCCC1.[2H]C1(C)CCCC1.[2H]C1(C)CCCCC1. The summed E-state index contributed by atoms with van der Waals surface area (Å²) in [5.41, 5.74) is 4.25. The molecule has 0 nitrogen and oxygen atoms in total. The van der Waals surface area contributed by atoms with Crippen molar-refractivity contribution in [1.29, 1.82) is 0 Å². The largest absolute Gasteiger partial charge is 0.0651 e. The molecular weight excluding hydrogens is 1070 g/mol. The van der Waals surface area contributed by atoms with E-state index in [1.165, 1.54) is 161 Å². The van der Waals surface area contributed by atoms with Gasteiger partial charge in [-0.25, -0.2) is 0 Å². The molecule has 0 aliphatic heterocycles. The quantitative estimate of drug-likeness (QED) is 0.264. The minimum Gasteiger partial charge on any atom is -0.0651 e. The number of rotatable bonds is 3. The lowest BCUT2D eigenvalue weighted by atomic mass is 9.49. The summed E-state index contributed by atoms with van der Waals surface area (Å²) in [6.45, 7) is 47.3. The van der Waals surface area contributed by atoms with Crippen LogP contribution in [-0.2, 0) is 0 Å². The molecule has 0 aromatic carbocycles. The molecule has 0 radical (unpaired) electrons. The highest BCUT2D eigenvalue weighted by atomic mass is 14.5. The van der Waals surface area contributed by atoms with Gasteiger partial charge in [-0.3, -0.25) is 0 Å². The molecule has 0 heterocycles. The minimum atomic E-state index is -1.06. The zero-order valence-corrected chi connectivity index (χ0v) is 65.9. The molecule has 0 atom stereocenters. The third kappa shape index (κ3) is 39.7. The summed E-state index contributed by atoms with van der Waals surface area (Å²) < 4.78 is 65.4. The van der Waals surface area contributed by atoms with Crippen molar-refractivity contribution >= 4 is 0 Å². The van der Waals surface area contributed by atoms with Crippen LogP contribution in [0.15, 0.2) is 0 Å². The summed E-state index contributed by atoms with van der Waals surface area (Å²) in [7, 11) is 0. The molecule has 0 N–H and O–H groups in total. The van der Waals surface area contributed by atoms with Crippen molar-refractivity contribution < 1.29 is 12.3 Å². The Balaban J connectivity index is 0.000000372. The van der Waals surface area contributed by atoms with Crippen molar-refractivity contribution in [3.05, 3.63) is 0 Å². The molecule has 89 heavy (non-hydrogen) atoms. The third-order valence-corrected chi connectivity index (χ3v) is 24.4. The van der Waals surface area contributed by atoms with E-state index in [1.54, 1.807) is 111 Å². The zero-order chi connectivity index (χ0) is 74.9. The second kappa shape index (κ2) is 44.0. The molecule has 0 aromatic rings. The van der Waals surface area contributed by atoms with Gasteiger partial charge in [-0.2, -0.15) is 0 Å². The Hall–Kier alpha value is 0. The Labute approximate surface area is 579 Å². The first-order chi connectivity index (χ1) is 44.6. The highest BCUT2D eigenvalue weighted by Crippen LogP contribution is 2.61. The Morgan fingerprint density at radius 3 is 0.899 bits per heavy atom. The van der Waals surface area contributed by atoms with Crippen LogP contribution in [0.2, 0.25) is 0 Å². The molecule has 13 aliphatic rings. The van der Waals surface area contributed by atoms with Gasteiger partial charge < -0.3 is 0 Å².